The maximum absolute atomic E-state index is 13.0. The molecule has 1 saturated carbocycles. The average Bonchev–Trinajstić information content (AvgIpc) is 2.90. The van der Waals surface area contributed by atoms with E-state index in [2.05, 4.69) is 64.6 Å². The van der Waals surface area contributed by atoms with Crippen LogP contribution in [0.3, 0.4) is 0 Å². The normalized spacial score (nSPS) is 22.1. The Morgan fingerprint density at radius 3 is 2.05 bits per heavy atom. The lowest BCUT2D eigenvalue weighted by atomic mass is 9.66. The Hall–Kier alpha value is -2.76. The molecule has 2 aliphatic heterocycles. The number of likely N-dealkylation sites (N-methyl/N-ethyl adjacent to an activating group) is 1. The average molecular weight is 502 g/mol. The van der Waals surface area contributed by atoms with E-state index in [0.29, 0.717) is 19.3 Å². The van der Waals surface area contributed by atoms with Gasteiger partial charge in [0.15, 0.2) is 0 Å². The lowest BCUT2D eigenvalue weighted by Crippen LogP contribution is -2.61. The Morgan fingerprint density at radius 1 is 0.973 bits per heavy atom. The number of carbonyl (C=O) groups excluding carboxylic acids is 1. The summed E-state index contributed by atoms with van der Waals surface area (Å²) >= 11 is 0. The first-order chi connectivity index (χ1) is 17.9. The topological polar surface area (TPSA) is 94.6 Å². The zero-order valence-electron chi connectivity index (χ0n) is 21.9. The predicted octanol–water partition coefficient (Wildman–Crippen LogP) is 2.94. The van der Waals surface area contributed by atoms with Gasteiger partial charge < -0.3 is 20.7 Å². The maximum Gasteiger partial charge on any atom is 0.241 e. The molecule has 0 aromatic heterocycles. The van der Waals surface area contributed by atoms with Crippen LogP contribution in [0.15, 0.2) is 48.5 Å². The largest absolute Gasteiger partial charge is 0.380 e. The number of nitriles is 1. The van der Waals surface area contributed by atoms with Gasteiger partial charge in [-0.05, 0) is 55.0 Å². The van der Waals surface area contributed by atoms with E-state index in [1.807, 2.05) is 12.1 Å². The Bertz CT molecular complexity index is 1100. The van der Waals surface area contributed by atoms with E-state index in [9.17, 15) is 10.1 Å². The van der Waals surface area contributed by atoms with Crippen molar-refractivity contribution < 1.29 is 9.53 Å². The van der Waals surface area contributed by atoms with Crippen LogP contribution in [0.2, 0.25) is 0 Å². The van der Waals surface area contributed by atoms with Crippen molar-refractivity contribution in [1.29, 1.82) is 5.26 Å². The molecule has 0 radical (unpaired) electrons. The number of amides is 1. The number of rotatable bonds is 7. The number of piperazine rings is 1. The summed E-state index contributed by atoms with van der Waals surface area (Å²) in [4.78, 5) is 17.9. The molecule has 0 bridgehead atoms. The van der Waals surface area contributed by atoms with E-state index >= 15 is 0 Å². The summed E-state index contributed by atoms with van der Waals surface area (Å²) < 4.78 is 5.38. The third-order valence-electron chi connectivity index (χ3n) is 8.62. The number of nitrogens with one attached hydrogen (secondary N) is 1. The molecule has 5 rings (SSSR count). The molecule has 7 heteroatoms. The van der Waals surface area contributed by atoms with Crippen LogP contribution in [0, 0.1) is 16.7 Å². The van der Waals surface area contributed by atoms with Gasteiger partial charge in [-0.15, -0.1) is 0 Å². The van der Waals surface area contributed by atoms with Crippen molar-refractivity contribution in [3.05, 3.63) is 59.7 Å². The molecule has 1 atom stereocenters. The molecule has 7 nitrogen and oxygen atoms in total. The highest BCUT2D eigenvalue weighted by Crippen LogP contribution is 2.45. The summed E-state index contributed by atoms with van der Waals surface area (Å²) in [5.74, 6) is -0.206. The molecular weight excluding hydrogens is 462 g/mol. The lowest BCUT2D eigenvalue weighted by molar-refractivity contribution is -0.148. The summed E-state index contributed by atoms with van der Waals surface area (Å²) in [6, 6.07) is 18.7. The van der Waals surface area contributed by atoms with E-state index in [-0.39, 0.29) is 11.3 Å². The summed E-state index contributed by atoms with van der Waals surface area (Å²) in [5.41, 5.74) is 10.5. The minimum Gasteiger partial charge on any atom is -0.380 e. The number of ether oxygens (including phenoxy) is 1. The number of carbonyl (C=O) groups is 1. The third-order valence-corrected chi connectivity index (χ3v) is 8.62. The molecule has 1 amide bonds. The molecule has 1 aliphatic carbocycles. The minimum absolute atomic E-state index is 0.206. The summed E-state index contributed by atoms with van der Waals surface area (Å²) in [5, 5.41) is 12.6. The molecule has 3 aliphatic rings. The summed E-state index contributed by atoms with van der Waals surface area (Å²) in [6.07, 6.45) is 3.56. The molecule has 2 aromatic rings. The molecule has 2 heterocycles. The number of benzene rings is 2. The van der Waals surface area contributed by atoms with Crippen molar-refractivity contribution in [3.8, 4) is 17.2 Å². The zero-order valence-corrected chi connectivity index (χ0v) is 21.9. The maximum atomic E-state index is 13.0. The number of nitrogens with zero attached hydrogens (tertiary/aromatic N) is 3. The SMILES string of the molecule is CN1CCN(Cc2ccc(-c3ccc(C[C@@H](C#N)NC(=O)C4(N)CCC5(CC4)COC5)cc3)cc2)CC1. The fourth-order valence-electron chi connectivity index (χ4n) is 5.70. The van der Waals surface area contributed by atoms with Gasteiger partial charge in [-0.1, -0.05) is 48.5 Å². The molecule has 196 valence electrons. The van der Waals surface area contributed by atoms with Gasteiger partial charge >= 0.3 is 0 Å². The van der Waals surface area contributed by atoms with Gasteiger partial charge in [-0.25, -0.2) is 0 Å². The van der Waals surface area contributed by atoms with Crippen molar-refractivity contribution in [2.45, 2.75) is 50.2 Å². The van der Waals surface area contributed by atoms with Gasteiger partial charge in [0.2, 0.25) is 5.91 Å². The molecule has 37 heavy (non-hydrogen) atoms. The Labute approximate surface area is 220 Å². The predicted molar refractivity (Wildman–Crippen MR) is 145 cm³/mol. The Balaban J connectivity index is 1.13. The van der Waals surface area contributed by atoms with Crippen LogP contribution >= 0.6 is 0 Å². The van der Waals surface area contributed by atoms with E-state index in [0.717, 1.165) is 69.9 Å². The molecule has 2 saturated heterocycles. The summed E-state index contributed by atoms with van der Waals surface area (Å²) in [7, 11) is 2.18. The molecule has 3 fully saturated rings. The van der Waals surface area contributed by atoms with Crippen LogP contribution in [0.5, 0.6) is 0 Å². The monoisotopic (exact) mass is 501 g/mol. The van der Waals surface area contributed by atoms with Gasteiger partial charge in [0.05, 0.1) is 24.8 Å². The van der Waals surface area contributed by atoms with Crippen LogP contribution < -0.4 is 11.1 Å². The van der Waals surface area contributed by atoms with Crippen LogP contribution in [0.1, 0.15) is 36.8 Å². The highest BCUT2D eigenvalue weighted by molar-refractivity contribution is 5.86. The first-order valence-corrected chi connectivity index (χ1v) is 13.5. The molecule has 2 aromatic carbocycles. The smallest absolute Gasteiger partial charge is 0.241 e. The van der Waals surface area contributed by atoms with Crippen molar-refractivity contribution >= 4 is 5.91 Å². The van der Waals surface area contributed by atoms with Crippen LogP contribution in [-0.2, 0) is 22.5 Å². The highest BCUT2D eigenvalue weighted by atomic mass is 16.5. The van der Waals surface area contributed by atoms with E-state index in [1.165, 1.54) is 11.1 Å². The summed E-state index contributed by atoms with van der Waals surface area (Å²) in [6.45, 7) is 7.05. The standard InChI is InChI=1S/C30H39N5O2/c1-34-14-16-35(17-15-34)20-24-4-8-26(9-5-24)25-6-2-23(3-7-25)18-27(19-31)33-28(36)30(32)12-10-29(11-13-30)21-37-22-29/h2-9,27H,10-18,20-22,32H2,1H3,(H,33,36)/t27-/m0/s1. The van der Waals surface area contributed by atoms with Crippen molar-refractivity contribution in [3.63, 3.8) is 0 Å². The number of hydrogen-bond acceptors (Lipinski definition) is 6. The molecule has 1 spiro atoms. The second-order valence-electron chi connectivity index (χ2n) is 11.5. The van der Waals surface area contributed by atoms with Crippen molar-refractivity contribution in [2.75, 3.05) is 46.4 Å². The minimum atomic E-state index is -0.893. The van der Waals surface area contributed by atoms with E-state index in [1.54, 1.807) is 0 Å². The fraction of sp³-hybridized carbons (Fsp3) is 0.533. The molecule has 0 unspecified atom stereocenters. The van der Waals surface area contributed by atoms with Crippen LogP contribution in [0.25, 0.3) is 11.1 Å². The highest BCUT2D eigenvalue weighted by Gasteiger charge is 2.48. The van der Waals surface area contributed by atoms with E-state index in [4.69, 9.17) is 10.5 Å². The zero-order chi connectivity index (χ0) is 25.9. The van der Waals surface area contributed by atoms with Crippen LogP contribution in [-0.4, -0.2) is 73.7 Å². The van der Waals surface area contributed by atoms with Crippen LogP contribution in [0.4, 0.5) is 0 Å². The number of nitrogens with two attached hydrogens (primary N) is 1. The van der Waals surface area contributed by atoms with Gasteiger partial charge in [-0.2, -0.15) is 5.26 Å². The second kappa shape index (κ2) is 10.9. The first-order valence-electron chi connectivity index (χ1n) is 13.5. The van der Waals surface area contributed by atoms with Gasteiger partial charge in [0, 0.05) is 44.6 Å². The first kappa shape index (κ1) is 25.9. The Morgan fingerprint density at radius 2 is 1.54 bits per heavy atom. The quantitative estimate of drug-likeness (QED) is 0.606. The van der Waals surface area contributed by atoms with Crippen molar-refractivity contribution in [1.82, 2.24) is 15.1 Å². The van der Waals surface area contributed by atoms with Gasteiger partial charge in [0.25, 0.3) is 0 Å². The Kier molecular flexibility index (Phi) is 7.64. The lowest BCUT2D eigenvalue weighted by Gasteiger charge is -2.48. The van der Waals surface area contributed by atoms with Gasteiger partial charge in [-0.3, -0.25) is 9.69 Å². The molecule has 3 N–H and O–H groups in total. The third kappa shape index (κ3) is 6.05. The van der Waals surface area contributed by atoms with Crippen molar-refractivity contribution in [2.24, 2.45) is 11.1 Å². The van der Waals surface area contributed by atoms with E-state index < -0.39 is 11.6 Å². The van der Waals surface area contributed by atoms with Gasteiger partial charge in [0.1, 0.15) is 6.04 Å². The number of hydrogen-bond donors (Lipinski definition) is 2. The molecular formula is C30H39N5O2. The fourth-order valence-corrected chi connectivity index (χ4v) is 5.70. The second-order valence-corrected chi connectivity index (χ2v) is 11.5.